The number of nitrogens with one attached hydrogen (secondary N) is 1. The molecule has 0 aliphatic carbocycles. The van der Waals surface area contributed by atoms with Gasteiger partial charge in [0, 0.05) is 12.8 Å². The molecule has 0 saturated heterocycles. The van der Waals surface area contributed by atoms with E-state index in [-0.39, 0.29) is 18.5 Å². The lowest BCUT2D eigenvalue weighted by molar-refractivity contribution is -0.143. The van der Waals surface area contributed by atoms with Crippen molar-refractivity contribution in [2.24, 2.45) is 0 Å². The molecular weight excluding hydrogens is 995 g/mol. The molecule has 0 fully saturated rings. The molecule has 0 spiro atoms. The van der Waals surface area contributed by atoms with E-state index in [0.29, 0.717) is 19.4 Å². The van der Waals surface area contributed by atoms with Crippen LogP contribution in [0.4, 0.5) is 0 Å². The fourth-order valence-corrected chi connectivity index (χ4v) is 11.5. The Kier molecular flexibility index (Phi) is 68.9. The Hall–Kier alpha value is -1.92. The van der Waals surface area contributed by atoms with E-state index in [0.717, 1.165) is 44.9 Å². The van der Waals surface area contributed by atoms with E-state index >= 15 is 0 Å². The maximum Gasteiger partial charge on any atom is 0.305 e. The summed E-state index contributed by atoms with van der Waals surface area (Å²) in [6, 6.07) is -0.622. The van der Waals surface area contributed by atoms with E-state index in [4.69, 9.17) is 4.74 Å². The van der Waals surface area contributed by atoms with E-state index in [1.807, 2.05) is 6.08 Å². The number of aliphatic hydroxyl groups is 2. The number of esters is 1. The summed E-state index contributed by atoms with van der Waals surface area (Å²) in [7, 11) is 0. The van der Waals surface area contributed by atoms with E-state index in [2.05, 4.69) is 43.5 Å². The molecule has 1 amide bonds. The highest BCUT2D eigenvalue weighted by atomic mass is 16.5. The Bertz CT molecular complexity index is 1310. The maximum atomic E-state index is 12.4. The van der Waals surface area contributed by atoms with Crippen LogP contribution in [0.2, 0.25) is 0 Å². The van der Waals surface area contributed by atoms with Gasteiger partial charge in [-0.1, -0.05) is 346 Å². The monoisotopic (exact) mass is 1140 g/mol. The number of amides is 1. The Balaban J connectivity index is 3.30. The summed E-state index contributed by atoms with van der Waals surface area (Å²) < 4.78 is 5.50. The van der Waals surface area contributed by atoms with Gasteiger partial charge in [-0.05, 0) is 83.5 Å². The Labute approximate surface area is 506 Å². The second kappa shape index (κ2) is 70.6. The van der Waals surface area contributed by atoms with Crippen LogP contribution in [0, 0.1) is 0 Å². The van der Waals surface area contributed by atoms with Crippen LogP contribution in [-0.2, 0) is 14.3 Å². The highest BCUT2D eigenvalue weighted by molar-refractivity contribution is 5.76. The maximum absolute atomic E-state index is 12.4. The van der Waals surface area contributed by atoms with Crippen molar-refractivity contribution >= 4 is 11.9 Å². The first-order valence-electron chi connectivity index (χ1n) is 36.8. The van der Waals surface area contributed by atoms with Crippen LogP contribution < -0.4 is 5.32 Å². The molecule has 0 aliphatic rings. The minimum atomic E-state index is -0.839. The zero-order chi connectivity index (χ0) is 58.5. The minimum absolute atomic E-state index is 0.0152. The third-order valence-corrected chi connectivity index (χ3v) is 17.1. The van der Waals surface area contributed by atoms with E-state index in [9.17, 15) is 19.8 Å². The topological polar surface area (TPSA) is 95.9 Å². The molecule has 0 aliphatic heterocycles. The number of rotatable bonds is 69. The lowest BCUT2D eigenvalue weighted by atomic mass is 10.0. The van der Waals surface area contributed by atoms with Gasteiger partial charge in [-0.25, -0.2) is 0 Å². The molecule has 0 saturated carbocycles. The van der Waals surface area contributed by atoms with Gasteiger partial charge >= 0.3 is 5.97 Å². The first-order valence-corrected chi connectivity index (χ1v) is 36.8. The standard InChI is InChI=1S/C75H143NO5/c1-3-5-7-9-11-13-14-15-16-43-46-49-53-57-61-65-69-75(80)81-70-66-62-58-54-50-47-44-41-39-37-35-33-31-29-27-25-23-21-19-17-18-20-22-24-26-28-30-32-34-36-38-40-42-45-48-52-56-60-64-68-74(79)76-72(71-77)73(78)67-63-59-55-51-12-10-8-6-4-2/h16-18,43,63,67,72-73,77-78H,3-15,19-42,44-62,64-66,68-71H2,1-2H3,(H,76,79)/b18-17-,43-16-,67-63+. The molecule has 6 nitrogen and oxygen atoms in total. The molecule has 0 aromatic carbocycles. The van der Waals surface area contributed by atoms with Crippen molar-refractivity contribution in [2.45, 2.75) is 418 Å². The van der Waals surface area contributed by atoms with Gasteiger partial charge in [0.25, 0.3) is 0 Å². The first kappa shape index (κ1) is 79.1. The number of aliphatic hydroxyl groups excluding tert-OH is 2. The number of carbonyl (C=O) groups excluding carboxylic acids is 2. The van der Waals surface area contributed by atoms with Gasteiger partial charge in [0.15, 0.2) is 0 Å². The Morgan fingerprint density at radius 1 is 0.333 bits per heavy atom. The fourth-order valence-electron chi connectivity index (χ4n) is 11.5. The van der Waals surface area contributed by atoms with Crippen molar-refractivity contribution < 1.29 is 24.5 Å². The van der Waals surface area contributed by atoms with Crippen molar-refractivity contribution in [2.75, 3.05) is 13.2 Å². The van der Waals surface area contributed by atoms with Crippen LogP contribution in [0.25, 0.3) is 0 Å². The molecule has 3 N–H and O–H groups in total. The number of hydrogen-bond donors (Lipinski definition) is 3. The lowest BCUT2D eigenvalue weighted by Gasteiger charge is -2.20. The summed E-state index contributed by atoms with van der Waals surface area (Å²) in [5.41, 5.74) is 0. The molecule has 0 aromatic rings. The molecule has 0 heterocycles. The van der Waals surface area contributed by atoms with Crippen molar-refractivity contribution in [1.29, 1.82) is 0 Å². The zero-order valence-electron chi connectivity index (χ0n) is 54.8. The van der Waals surface area contributed by atoms with Gasteiger partial charge < -0.3 is 20.3 Å². The van der Waals surface area contributed by atoms with Crippen LogP contribution in [0.15, 0.2) is 36.5 Å². The first-order chi connectivity index (χ1) is 40.0. The predicted molar refractivity (Wildman–Crippen MR) is 356 cm³/mol. The Morgan fingerprint density at radius 3 is 0.877 bits per heavy atom. The largest absolute Gasteiger partial charge is 0.466 e. The van der Waals surface area contributed by atoms with Gasteiger partial charge in [-0.2, -0.15) is 0 Å². The molecule has 0 bridgehead atoms. The fraction of sp³-hybridized carbons (Fsp3) is 0.893. The third-order valence-electron chi connectivity index (χ3n) is 17.1. The summed E-state index contributed by atoms with van der Waals surface area (Å²) in [4.78, 5) is 24.5. The lowest BCUT2D eigenvalue weighted by Crippen LogP contribution is -2.45. The number of ether oxygens (including phenoxy) is 1. The van der Waals surface area contributed by atoms with E-state index in [1.54, 1.807) is 6.08 Å². The van der Waals surface area contributed by atoms with Crippen molar-refractivity contribution in [3.63, 3.8) is 0 Å². The highest BCUT2D eigenvalue weighted by Gasteiger charge is 2.18. The van der Waals surface area contributed by atoms with Gasteiger partial charge in [0.05, 0.1) is 25.4 Å². The van der Waals surface area contributed by atoms with E-state index in [1.165, 1.54) is 334 Å². The summed E-state index contributed by atoms with van der Waals surface area (Å²) >= 11 is 0. The average molecular weight is 1140 g/mol. The molecule has 81 heavy (non-hydrogen) atoms. The van der Waals surface area contributed by atoms with Gasteiger partial charge in [-0.15, -0.1) is 0 Å². The van der Waals surface area contributed by atoms with Crippen LogP contribution in [0.5, 0.6) is 0 Å². The second-order valence-corrected chi connectivity index (χ2v) is 25.3. The Morgan fingerprint density at radius 2 is 0.580 bits per heavy atom. The number of unbranched alkanes of at least 4 members (excludes halogenated alkanes) is 54. The molecular formula is C75H143NO5. The number of carbonyl (C=O) groups is 2. The van der Waals surface area contributed by atoms with Crippen molar-refractivity contribution in [1.82, 2.24) is 5.32 Å². The average Bonchev–Trinajstić information content (AvgIpc) is 3.47. The minimum Gasteiger partial charge on any atom is -0.466 e. The summed E-state index contributed by atoms with van der Waals surface area (Å²) in [6.45, 7) is 4.90. The molecule has 478 valence electrons. The normalized spacial score (nSPS) is 12.7. The van der Waals surface area contributed by atoms with Crippen LogP contribution in [0.1, 0.15) is 406 Å². The third kappa shape index (κ3) is 67.1. The molecule has 0 radical (unpaired) electrons. The summed E-state index contributed by atoms with van der Waals surface area (Å²) in [5.74, 6) is -0.0498. The van der Waals surface area contributed by atoms with Crippen LogP contribution >= 0.6 is 0 Å². The highest BCUT2D eigenvalue weighted by Crippen LogP contribution is 2.19. The molecule has 2 unspecified atom stereocenters. The predicted octanol–water partition coefficient (Wildman–Crippen LogP) is 23.9. The SMILES string of the molecule is CCCCCCCCC/C=C\CCCCCCCC(=O)OCCCCCCCCCCCCCCCCCCCC/C=C\CCCCCCCCCCCCCCCCCCCC(=O)NC(CO)C(O)/C=C/CCCCCCCCC. The quantitative estimate of drug-likeness (QED) is 0.0320. The summed E-state index contributed by atoms with van der Waals surface area (Å²) in [5, 5.41) is 23.0. The molecule has 0 aromatic heterocycles. The summed E-state index contributed by atoms with van der Waals surface area (Å²) in [6.07, 6.45) is 91.3. The van der Waals surface area contributed by atoms with Crippen LogP contribution in [-0.4, -0.2) is 47.4 Å². The second-order valence-electron chi connectivity index (χ2n) is 25.3. The van der Waals surface area contributed by atoms with Gasteiger partial charge in [0.2, 0.25) is 5.91 Å². The number of allylic oxidation sites excluding steroid dienone is 5. The zero-order valence-corrected chi connectivity index (χ0v) is 54.8. The molecule has 6 heteroatoms. The molecule has 2 atom stereocenters. The smallest absolute Gasteiger partial charge is 0.305 e. The van der Waals surface area contributed by atoms with Gasteiger partial charge in [-0.3, -0.25) is 9.59 Å². The van der Waals surface area contributed by atoms with Gasteiger partial charge in [0.1, 0.15) is 0 Å². The number of hydrogen-bond acceptors (Lipinski definition) is 5. The van der Waals surface area contributed by atoms with E-state index < -0.39 is 12.1 Å². The van der Waals surface area contributed by atoms with Crippen molar-refractivity contribution in [3.8, 4) is 0 Å². The van der Waals surface area contributed by atoms with Crippen LogP contribution in [0.3, 0.4) is 0 Å². The van der Waals surface area contributed by atoms with Crippen molar-refractivity contribution in [3.05, 3.63) is 36.5 Å². The molecule has 0 rings (SSSR count).